The average molecular weight is 262 g/mol. The SMILES string of the molecule is CCCCNc1cc(C)nc(N2CCCC(C)C2)n1. The Hall–Kier alpha value is -1.32. The number of nitrogens with zero attached hydrogens (tertiary/aromatic N) is 3. The van der Waals surface area contributed by atoms with Gasteiger partial charge in [-0.05, 0) is 32.1 Å². The van der Waals surface area contributed by atoms with Crippen LogP contribution in [0.15, 0.2) is 6.07 Å². The Morgan fingerprint density at radius 3 is 3.00 bits per heavy atom. The molecule has 2 rings (SSSR count). The maximum atomic E-state index is 4.67. The van der Waals surface area contributed by atoms with Crippen LogP contribution < -0.4 is 10.2 Å². The van der Waals surface area contributed by atoms with E-state index in [1.54, 1.807) is 0 Å². The predicted molar refractivity (Wildman–Crippen MR) is 80.8 cm³/mol. The fourth-order valence-corrected chi connectivity index (χ4v) is 2.55. The molecule has 0 radical (unpaired) electrons. The summed E-state index contributed by atoms with van der Waals surface area (Å²) < 4.78 is 0. The summed E-state index contributed by atoms with van der Waals surface area (Å²) >= 11 is 0. The van der Waals surface area contributed by atoms with Gasteiger partial charge in [0.25, 0.3) is 0 Å². The van der Waals surface area contributed by atoms with Crippen LogP contribution in [-0.4, -0.2) is 29.6 Å². The van der Waals surface area contributed by atoms with Gasteiger partial charge in [-0.3, -0.25) is 0 Å². The van der Waals surface area contributed by atoms with Crippen molar-refractivity contribution in [3.05, 3.63) is 11.8 Å². The summed E-state index contributed by atoms with van der Waals surface area (Å²) in [6, 6.07) is 2.03. The highest BCUT2D eigenvalue weighted by Crippen LogP contribution is 2.21. The molecule has 106 valence electrons. The molecule has 0 bridgehead atoms. The monoisotopic (exact) mass is 262 g/mol. The summed E-state index contributed by atoms with van der Waals surface area (Å²) in [5, 5.41) is 3.40. The first kappa shape index (κ1) is 14.1. The van der Waals surface area contributed by atoms with E-state index in [9.17, 15) is 0 Å². The smallest absolute Gasteiger partial charge is 0.227 e. The molecular formula is C15H26N4. The molecule has 1 saturated heterocycles. The molecule has 1 aliphatic heterocycles. The molecule has 0 amide bonds. The largest absolute Gasteiger partial charge is 0.370 e. The van der Waals surface area contributed by atoms with E-state index in [1.807, 2.05) is 13.0 Å². The molecule has 1 aromatic rings. The van der Waals surface area contributed by atoms with Gasteiger partial charge in [0.15, 0.2) is 0 Å². The average Bonchev–Trinajstić information content (AvgIpc) is 2.38. The Kier molecular flexibility index (Phi) is 5.00. The van der Waals surface area contributed by atoms with Crippen LogP contribution >= 0.6 is 0 Å². The Bertz CT molecular complexity index is 405. The molecule has 1 aromatic heterocycles. The highest BCUT2D eigenvalue weighted by atomic mass is 15.3. The second kappa shape index (κ2) is 6.73. The molecule has 2 heterocycles. The molecule has 4 heteroatoms. The number of hydrogen-bond acceptors (Lipinski definition) is 4. The Labute approximate surface area is 116 Å². The summed E-state index contributed by atoms with van der Waals surface area (Å²) in [5.41, 5.74) is 1.04. The second-order valence-corrected chi connectivity index (χ2v) is 5.67. The predicted octanol–water partition coefficient (Wildman–Crippen LogP) is 3.23. The Morgan fingerprint density at radius 1 is 1.42 bits per heavy atom. The van der Waals surface area contributed by atoms with Crippen molar-refractivity contribution in [2.75, 3.05) is 29.9 Å². The fourth-order valence-electron chi connectivity index (χ4n) is 2.55. The van der Waals surface area contributed by atoms with Gasteiger partial charge in [-0.15, -0.1) is 0 Å². The van der Waals surface area contributed by atoms with Crippen molar-refractivity contribution in [2.45, 2.75) is 46.5 Å². The number of aryl methyl sites for hydroxylation is 1. The summed E-state index contributed by atoms with van der Waals surface area (Å²) in [6.07, 6.45) is 4.95. The van der Waals surface area contributed by atoms with Crippen LogP contribution in [0.4, 0.5) is 11.8 Å². The lowest BCUT2D eigenvalue weighted by atomic mass is 10.0. The van der Waals surface area contributed by atoms with E-state index in [2.05, 4.69) is 34.0 Å². The summed E-state index contributed by atoms with van der Waals surface area (Å²) in [4.78, 5) is 11.6. The van der Waals surface area contributed by atoms with Gasteiger partial charge in [-0.1, -0.05) is 20.3 Å². The third-order valence-corrected chi connectivity index (χ3v) is 3.62. The number of nitrogens with one attached hydrogen (secondary N) is 1. The van der Waals surface area contributed by atoms with Crippen LogP contribution in [0, 0.1) is 12.8 Å². The molecule has 19 heavy (non-hydrogen) atoms. The number of rotatable bonds is 5. The standard InChI is InChI=1S/C15H26N4/c1-4-5-8-16-14-10-13(3)17-15(18-14)19-9-6-7-12(2)11-19/h10,12H,4-9,11H2,1-3H3,(H,16,17,18). The maximum absolute atomic E-state index is 4.67. The van der Waals surface area contributed by atoms with Crippen molar-refractivity contribution >= 4 is 11.8 Å². The zero-order valence-corrected chi connectivity index (χ0v) is 12.4. The second-order valence-electron chi connectivity index (χ2n) is 5.67. The topological polar surface area (TPSA) is 41.1 Å². The van der Waals surface area contributed by atoms with Crippen molar-refractivity contribution in [3.8, 4) is 0 Å². The molecule has 0 aromatic carbocycles. The third kappa shape index (κ3) is 4.08. The van der Waals surface area contributed by atoms with E-state index < -0.39 is 0 Å². The van der Waals surface area contributed by atoms with Gasteiger partial charge >= 0.3 is 0 Å². The Morgan fingerprint density at radius 2 is 2.26 bits per heavy atom. The number of aromatic nitrogens is 2. The highest BCUT2D eigenvalue weighted by Gasteiger charge is 2.19. The molecule has 1 aliphatic rings. The molecule has 1 fully saturated rings. The van der Waals surface area contributed by atoms with Crippen LogP contribution in [-0.2, 0) is 0 Å². The van der Waals surface area contributed by atoms with Gasteiger partial charge in [-0.2, -0.15) is 4.98 Å². The maximum Gasteiger partial charge on any atom is 0.227 e. The molecule has 0 saturated carbocycles. The third-order valence-electron chi connectivity index (χ3n) is 3.62. The van der Waals surface area contributed by atoms with Crippen LogP contribution in [0.25, 0.3) is 0 Å². The van der Waals surface area contributed by atoms with Gasteiger partial charge in [0.2, 0.25) is 5.95 Å². The lowest BCUT2D eigenvalue weighted by molar-refractivity contribution is 0.442. The normalized spacial score (nSPS) is 19.5. The van der Waals surface area contributed by atoms with Crippen molar-refractivity contribution in [2.24, 2.45) is 5.92 Å². The lowest BCUT2D eigenvalue weighted by Gasteiger charge is -2.31. The van der Waals surface area contributed by atoms with Gasteiger partial charge in [0.05, 0.1) is 0 Å². The molecule has 0 spiro atoms. The number of unbranched alkanes of at least 4 members (excludes halogenated alkanes) is 1. The van der Waals surface area contributed by atoms with E-state index in [-0.39, 0.29) is 0 Å². The molecule has 1 unspecified atom stereocenters. The van der Waals surface area contributed by atoms with E-state index >= 15 is 0 Å². The highest BCUT2D eigenvalue weighted by molar-refractivity contribution is 5.43. The van der Waals surface area contributed by atoms with E-state index in [0.29, 0.717) is 0 Å². The zero-order valence-electron chi connectivity index (χ0n) is 12.4. The molecule has 1 N–H and O–H groups in total. The van der Waals surface area contributed by atoms with Crippen molar-refractivity contribution in [1.29, 1.82) is 0 Å². The van der Waals surface area contributed by atoms with Gasteiger partial charge < -0.3 is 10.2 Å². The van der Waals surface area contributed by atoms with Gasteiger partial charge in [0.1, 0.15) is 5.82 Å². The number of hydrogen-bond donors (Lipinski definition) is 1. The summed E-state index contributed by atoms with van der Waals surface area (Å²) in [5.74, 6) is 2.61. The quantitative estimate of drug-likeness (QED) is 0.827. The van der Waals surface area contributed by atoms with E-state index in [0.717, 1.165) is 43.0 Å². The van der Waals surface area contributed by atoms with E-state index in [4.69, 9.17) is 0 Å². The fraction of sp³-hybridized carbons (Fsp3) is 0.733. The van der Waals surface area contributed by atoms with Crippen molar-refractivity contribution < 1.29 is 0 Å². The van der Waals surface area contributed by atoms with E-state index in [1.165, 1.54) is 25.7 Å². The molecule has 4 nitrogen and oxygen atoms in total. The number of piperidine rings is 1. The molecule has 0 aliphatic carbocycles. The molecule has 1 atom stereocenters. The lowest BCUT2D eigenvalue weighted by Crippen LogP contribution is -2.35. The summed E-state index contributed by atoms with van der Waals surface area (Å²) in [6.45, 7) is 9.71. The molecular weight excluding hydrogens is 236 g/mol. The zero-order chi connectivity index (χ0) is 13.7. The van der Waals surface area contributed by atoms with Crippen molar-refractivity contribution in [3.63, 3.8) is 0 Å². The first-order chi connectivity index (χ1) is 9.19. The number of anilines is 2. The van der Waals surface area contributed by atoms with Crippen LogP contribution in [0.1, 0.15) is 45.2 Å². The van der Waals surface area contributed by atoms with Crippen LogP contribution in [0.3, 0.4) is 0 Å². The minimum atomic E-state index is 0.745. The van der Waals surface area contributed by atoms with Crippen LogP contribution in [0.2, 0.25) is 0 Å². The first-order valence-corrected chi connectivity index (χ1v) is 7.53. The Balaban J connectivity index is 2.07. The minimum absolute atomic E-state index is 0.745. The van der Waals surface area contributed by atoms with Crippen molar-refractivity contribution in [1.82, 2.24) is 9.97 Å². The van der Waals surface area contributed by atoms with Gasteiger partial charge in [-0.25, -0.2) is 4.98 Å². The minimum Gasteiger partial charge on any atom is -0.370 e. The van der Waals surface area contributed by atoms with Crippen LogP contribution in [0.5, 0.6) is 0 Å². The summed E-state index contributed by atoms with van der Waals surface area (Å²) in [7, 11) is 0. The first-order valence-electron chi connectivity index (χ1n) is 7.53. The van der Waals surface area contributed by atoms with Gasteiger partial charge in [0, 0.05) is 31.4 Å².